The minimum atomic E-state index is 0.173. The molecular weight excluding hydrogens is 276 g/mol. The van der Waals surface area contributed by atoms with Crippen LogP contribution in [0.3, 0.4) is 0 Å². The summed E-state index contributed by atoms with van der Waals surface area (Å²) in [5.74, 6) is 0. The first-order chi connectivity index (χ1) is 8.94. The molecule has 1 aliphatic carbocycles. The van der Waals surface area contributed by atoms with Gasteiger partial charge in [-0.25, -0.2) is 0 Å². The van der Waals surface area contributed by atoms with E-state index < -0.39 is 0 Å². The molecule has 2 aromatic heterocycles. The molecule has 1 unspecified atom stereocenters. The summed E-state index contributed by atoms with van der Waals surface area (Å²) < 4.78 is 3.19. The van der Waals surface area contributed by atoms with Gasteiger partial charge in [0.15, 0.2) is 0 Å². The Morgan fingerprint density at radius 3 is 2.89 bits per heavy atom. The van der Waals surface area contributed by atoms with Crippen molar-refractivity contribution in [3.63, 3.8) is 0 Å². The number of aromatic nitrogens is 1. The Morgan fingerprint density at radius 1 is 1.42 bits per heavy atom. The van der Waals surface area contributed by atoms with Gasteiger partial charge in [0.05, 0.1) is 10.9 Å². The Bertz CT molecular complexity index is 597. The zero-order valence-corrected chi connectivity index (χ0v) is 12.9. The number of nitrogens with zero attached hydrogens (tertiary/aromatic N) is 1. The van der Waals surface area contributed by atoms with E-state index in [9.17, 15) is 0 Å². The van der Waals surface area contributed by atoms with Gasteiger partial charge in [-0.1, -0.05) is 25.4 Å². The predicted octanol–water partition coefficient (Wildman–Crippen LogP) is 4.22. The molecule has 2 heterocycles. The fourth-order valence-corrected chi connectivity index (χ4v) is 4.13. The first-order valence-electron chi connectivity index (χ1n) is 6.62. The molecule has 1 atom stereocenters. The molecule has 0 saturated heterocycles. The lowest BCUT2D eigenvalue weighted by atomic mass is 9.74. The third-order valence-corrected chi connectivity index (χ3v) is 5.10. The van der Waals surface area contributed by atoms with Crippen molar-refractivity contribution >= 4 is 22.9 Å². The molecule has 4 heteroatoms. The molecule has 2 nitrogen and oxygen atoms in total. The SMILES string of the molecule is CC1(C)Cc2c(ccn2Cc2ccc(Cl)s2)C(N)C1. The van der Waals surface area contributed by atoms with Crippen LogP contribution in [0.1, 0.15) is 42.4 Å². The number of fused-ring (bicyclic) bond motifs is 1. The number of rotatable bonds is 2. The topological polar surface area (TPSA) is 30.9 Å². The molecule has 19 heavy (non-hydrogen) atoms. The van der Waals surface area contributed by atoms with Crippen LogP contribution in [-0.4, -0.2) is 4.57 Å². The Labute approximate surface area is 123 Å². The monoisotopic (exact) mass is 294 g/mol. The summed E-state index contributed by atoms with van der Waals surface area (Å²) in [7, 11) is 0. The summed E-state index contributed by atoms with van der Waals surface area (Å²) in [5, 5.41) is 0. The molecule has 1 aliphatic rings. The number of nitrogens with two attached hydrogens (primary N) is 1. The largest absolute Gasteiger partial charge is 0.346 e. The normalized spacial score (nSPS) is 21.4. The van der Waals surface area contributed by atoms with Gasteiger partial charge < -0.3 is 10.3 Å². The van der Waals surface area contributed by atoms with Crippen LogP contribution >= 0.6 is 22.9 Å². The highest BCUT2D eigenvalue weighted by Crippen LogP contribution is 2.40. The van der Waals surface area contributed by atoms with Gasteiger partial charge in [-0.15, -0.1) is 11.3 Å². The van der Waals surface area contributed by atoms with Crippen LogP contribution in [0.4, 0.5) is 0 Å². The van der Waals surface area contributed by atoms with E-state index in [1.165, 1.54) is 16.1 Å². The number of hydrogen-bond acceptors (Lipinski definition) is 2. The van der Waals surface area contributed by atoms with Crippen LogP contribution in [0, 0.1) is 5.41 Å². The summed E-state index contributed by atoms with van der Waals surface area (Å²) in [4.78, 5) is 1.29. The maximum Gasteiger partial charge on any atom is 0.0931 e. The molecule has 3 rings (SSSR count). The zero-order chi connectivity index (χ0) is 13.6. The summed E-state index contributed by atoms with van der Waals surface area (Å²) in [5.41, 5.74) is 9.31. The number of hydrogen-bond donors (Lipinski definition) is 1. The van der Waals surface area contributed by atoms with Gasteiger partial charge in [0.1, 0.15) is 0 Å². The second-order valence-electron chi connectivity index (χ2n) is 6.20. The molecule has 0 radical (unpaired) electrons. The lowest BCUT2D eigenvalue weighted by molar-refractivity contribution is 0.276. The molecule has 0 spiro atoms. The highest BCUT2D eigenvalue weighted by molar-refractivity contribution is 7.16. The minimum Gasteiger partial charge on any atom is -0.346 e. The molecule has 0 saturated carbocycles. The van der Waals surface area contributed by atoms with Crippen LogP contribution in [0.25, 0.3) is 0 Å². The van der Waals surface area contributed by atoms with Gasteiger partial charge in [-0.3, -0.25) is 0 Å². The predicted molar refractivity (Wildman–Crippen MR) is 81.9 cm³/mol. The molecular formula is C15H19ClN2S. The lowest BCUT2D eigenvalue weighted by Crippen LogP contribution is -2.30. The van der Waals surface area contributed by atoms with Gasteiger partial charge in [0, 0.05) is 22.8 Å². The highest BCUT2D eigenvalue weighted by atomic mass is 35.5. The minimum absolute atomic E-state index is 0.173. The molecule has 0 amide bonds. The summed E-state index contributed by atoms with van der Waals surface area (Å²) >= 11 is 7.65. The van der Waals surface area contributed by atoms with Crippen molar-refractivity contribution in [3.8, 4) is 0 Å². The Morgan fingerprint density at radius 2 is 2.21 bits per heavy atom. The smallest absolute Gasteiger partial charge is 0.0931 e. The van der Waals surface area contributed by atoms with Crippen LogP contribution in [-0.2, 0) is 13.0 Å². The Balaban J connectivity index is 1.92. The van der Waals surface area contributed by atoms with Crippen molar-refractivity contribution in [1.82, 2.24) is 4.57 Å². The summed E-state index contributed by atoms with van der Waals surface area (Å²) in [6, 6.07) is 6.43. The van der Waals surface area contributed by atoms with E-state index >= 15 is 0 Å². The fourth-order valence-electron chi connectivity index (χ4n) is 3.05. The Kier molecular flexibility index (Phi) is 3.24. The van der Waals surface area contributed by atoms with Crippen molar-refractivity contribution in [2.45, 2.75) is 39.3 Å². The maximum absolute atomic E-state index is 6.30. The van der Waals surface area contributed by atoms with Gasteiger partial charge in [-0.2, -0.15) is 0 Å². The van der Waals surface area contributed by atoms with E-state index in [1.807, 2.05) is 6.07 Å². The fraction of sp³-hybridized carbons (Fsp3) is 0.467. The van der Waals surface area contributed by atoms with Crippen molar-refractivity contribution in [2.75, 3.05) is 0 Å². The second kappa shape index (κ2) is 4.65. The van der Waals surface area contributed by atoms with Crippen LogP contribution in [0.2, 0.25) is 4.34 Å². The van der Waals surface area contributed by atoms with Crippen molar-refractivity contribution in [3.05, 3.63) is 44.9 Å². The first-order valence-corrected chi connectivity index (χ1v) is 7.82. The zero-order valence-electron chi connectivity index (χ0n) is 11.3. The maximum atomic E-state index is 6.30. The van der Waals surface area contributed by atoms with E-state index in [0.29, 0.717) is 0 Å². The van der Waals surface area contributed by atoms with E-state index in [-0.39, 0.29) is 11.5 Å². The van der Waals surface area contributed by atoms with Gasteiger partial charge in [-0.05, 0) is 42.0 Å². The average Bonchev–Trinajstić information content (AvgIpc) is 2.86. The highest BCUT2D eigenvalue weighted by Gasteiger charge is 2.32. The van der Waals surface area contributed by atoms with Gasteiger partial charge in [0.25, 0.3) is 0 Å². The van der Waals surface area contributed by atoms with Crippen LogP contribution < -0.4 is 5.73 Å². The van der Waals surface area contributed by atoms with Gasteiger partial charge in [0.2, 0.25) is 0 Å². The van der Waals surface area contributed by atoms with Crippen molar-refractivity contribution in [1.29, 1.82) is 0 Å². The van der Waals surface area contributed by atoms with E-state index in [1.54, 1.807) is 11.3 Å². The Hall–Kier alpha value is -0.770. The quantitative estimate of drug-likeness (QED) is 0.883. The van der Waals surface area contributed by atoms with Crippen molar-refractivity contribution in [2.24, 2.45) is 11.1 Å². The summed E-state index contributed by atoms with van der Waals surface area (Å²) in [6.07, 6.45) is 4.33. The molecule has 0 fully saturated rings. The number of halogens is 1. The first kappa shape index (κ1) is 13.2. The summed E-state index contributed by atoms with van der Waals surface area (Å²) in [6.45, 7) is 5.50. The second-order valence-corrected chi connectivity index (χ2v) is 8.00. The lowest BCUT2D eigenvalue weighted by Gasteiger charge is -2.34. The third kappa shape index (κ3) is 2.60. The van der Waals surface area contributed by atoms with E-state index in [4.69, 9.17) is 17.3 Å². The molecule has 0 aromatic carbocycles. The van der Waals surface area contributed by atoms with E-state index in [0.717, 1.165) is 23.7 Å². The molecule has 102 valence electrons. The molecule has 0 aliphatic heterocycles. The average molecular weight is 295 g/mol. The molecule has 2 N–H and O–H groups in total. The third-order valence-electron chi connectivity index (χ3n) is 3.89. The van der Waals surface area contributed by atoms with E-state index in [2.05, 4.69) is 36.7 Å². The molecule has 0 bridgehead atoms. The molecule has 2 aromatic rings. The van der Waals surface area contributed by atoms with Crippen molar-refractivity contribution < 1.29 is 0 Å². The standard InChI is InChI=1S/C15H19ClN2S/c1-15(2)7-12(17)11-5-6-18(13(11)8-15)9-10-3-4-14(16)19-10/h3-6,12H,7-9,17H2,1-2H3. The van der Waals surface area contributed by atoms with Gasteiger partial charge >= 0.3 is 0 Å². The van der Waals surface area contributed by atoms with Crippen LogP contribution in [0.15, 0.2) is 24.4 Å². The van der Waals surface area contributed by atoms with Crippen LogP contribution in [0.5, 0.6) is 0 Å². The number of thiophene rings is 1.